The standard InChI is InChI=1S/C12H12ClNO2S/c1-4-16-12(15)10-7(3)9-6(2)5-8(13)14-11(9)17-10/h5H,4H2,1-3H3. The number of carbonyl (C=O) groups excluding carboxylic acids is 1. The molecule has 0 aromatic carbocycles. The third-order valence-electron chi connectivity index (χ3n) is 2.53. The molecule has 0 N–H and O–H groups in total. The predicted octanol–water partition coefficient (Wildman–Crippen LogP) is 3.74. The molecule has 0 aliphatic rings. The highest BCUT2D eigenvalue weighted by molar-refractivity contribution is 7.20. The number of hydrogen-bond acceptors (Lipinski definition) is 4. The number of carbonyl (C=O) groups is 1. The Morgan fingerprint density at radius 3 is 2.88 bits per heavy atom. The van der Waals surface area contributed by atoms with E-state index >= 15 is 0 Å². The molecule has 0 amide bonds. The van der Waals surface area contributed by atoms with Crippen LogP contribution < -0.4 is 0 Å². The number of esters is 1. The van der Waals surface area contributed by atoms with Crippen molar-refractivity contribution in [2.75, 3.05) is 6.61 Å². The zero-order chi connectivity index (χ0) is 12.6. The molecule has 5 heteroatoms. The zero-order valence-electron chi connectivity index (χ0n) is 9.83. The summed E-state index contributed by atoms with van der Waals surface area (Å²) in [6, 6.07) is 1.80. The van der Waals surface area contributed by atoms with Crippen LogP contribution in [0.5, 0.6) is 0 Å². The maximum Gasteiger partial charge on any atom is 0.348 e. The van der Waals surface area contributed by atoms with Crippen molar-refractivity contribution in [2.45, 2.75) is 20.8 Å². The van der Waals surface area contributed by atoms with E-state index in [1.54, 1.807) is 13.0 Å². The van der Waals surface area contributed by atoms with Crippen molar-refractivity contribution in [1.82, 2.24) is 4.98 Å². The molecule has 0 aliphatic heterocycles. The second-order valence-electron chi connectivity index (χ2n) is 3.72. The highest BCUT2D eigenvalue weighted by atomic mass is 35.5. The number of ether oxygens (including phenoxy) is 1. The van der Waals surface area contributed by atoms with Gasteiger partial charge in [0.2, 0.25) is 0 Å². The van der Waals surface area contributed by atoms with Gasteiger partial charge in [-0.25, -0.2) is 9.78 Å². The number of pyridine rings is 1. The molecule has 0 fully saturated rings. The topological polar surface area (TPSA) is 39.2 Å². The van der Waals surface area contributed by atoms with Crippen LogP contribution in [0.4, 0.5) is 0 Å². The molecule has 2 rings (SSSR count). The van der Waals surface area contributed by atoms with E-state index < -0.39 is 0 Å². The van der Waals surface area contributed by atoms with Gasteiger partial charge in [0.05, 0.1) is 6.61 Å². The molecule has 0 bridgehead atoms. The summed E-state index contributed by atoms with van der Waals surface area (Å²) in [7, 11) is 0. The summed E-state index contributed by atoms with van der Waals surface area (Å²) in [4.78, 5) is 17.4. The first-order valence-electron chi connectivity index (χ1n) is 5.28. The van der Waals surface area contributed by atoms with Crippen LogP contribution in [0.15, 0.2) is 6.07 Å². The van der Waals surface area contributed by atoms with Gasteiger partial charge in [0.15, 0.2) is 0 Å². The molecule has 0 unspecified atom stereocenters. The van der Waals surface area contributed by atoms with Crippen molar-refractivity contribution in [3.63, 3.8) is 0 Å². The summed E-state index contributed by atoms with van der Waals surface area (Å²) >= 11 is 7.24. The third kappa shape index (κ3) is 2.15. The van der Waals surface area contributed by atoms with E-state index in [1.165, 1.54) is 11.3 Å². The normalized spacial score (nSPS) is 10.8. The zero-order valence-corrected chi connectivity index (χ0v) is 11.4. The van der Waals surface area contributed by atoms with Gasteiger partial charge in [-0.1, -0.05) is 11.6 Å². The third-order valence-corrected chi connectivity index (χ3v) is 3.89. The fraction of sp³-hybridized carbons (Fsp3) is 0.333. The van der Waals surface area contributed by atoms with Gasteiger partial charge in [0.1, 0.15) is 14.9 Å². The second-order valence-corrected chi connectivity index (χ2v) is 5.11. The fourth-order valence-corrected chi connectivity index (χ4v) is 3.26. The number of fused-ring (bicyclic) bond motifs is 1. The Balaban J connectivity index is 2.64. The van der Waals surface area contributed by atoms with Gasteiger partial charge in [-0.05, 0) is 38.0 Å². The van der Waals surface area contributed by atoms with Crippen LogP contribution >= 0.6 is 22.9 Å². The van der Waals surface area contributed by atoms with Gasteiger partial charge in [-0.3, -0.25) is 0 Å². The molecule has 2 aromatic rings. The number of hydrogen-bond donors (Lipinski definition) is 0. The van der Waals surface area contributed by atoms with Crippen molar-refractivity contribution < 1.29 is 9.53 Å². The van der Waals surface area contributed by atoms with E-state index in [-0.39, 0.29) is 5.97 Å². The first-order valence-corrected chi connectivity index (χ1v) is 6.47. The Labute approximate surface area is 108 Å². The molecule has 90 valence electrons. The maximum absolute atomic E-state index is 11.8. The lowest BCUT2D eigenvalue weighted by atomic mass is 10.1. The first kappa shape index (κ1) is 12.3. The number of halogens is 1. The molecule has 0 atom stereocenters. The van der Waals surface area contributed by atoms with Gasteiger partial charge >= 0.3 is 5.97 Å². The van der Waals surface area contributed by atoms with Gasteiger partial charge in [-0.15, -0.1) is 11.3 Å². The van der Waals surface area contributed by atoms with Crippen molar-refractivity contribution >= 4 is 39.1 Å². The summed E-state index contributed by atoms with van der Waals surface area (Å²) in [5.74, 6) is -0.288. The fourth-order valence-electron chi connectivity index (χ4n) is 1.81. The maximum atomic E-state index is 11.8. The van der Waals surface area contributed by atoms with Crippen LogP contribution in [-0.2, 0) is 4.74 Å². The highest BCUT2D eigenvalue weighted by Gasteiger charge is 2.18. The van der Waals surface area contributed by atoms with Crippen molar-refractivity contribution in [1.29, 1.82) is 0 Å². The van der Waals surface area contributed by atoms with Gasteiger partial charge in [-0.2, -0.15) is 0 Å². The molecular formula is C12H12ClNO2S. The number of aryl methyl sites for hydroxylation is 2. The Kier molecular flexibility index (Phi) is 3.35. The minimum atomic E-state index is -0.288. The van der Waals surface area contributed by atoms with E-state index in [2.05, 4.69) is 4.98 Å². The Morgan fingerprint density at radius 2 is 2.24 bits per heavy atom. The lowest BCUT2D eigenvalue weighted by Gasteiger charge is -2.00. The molecule has 0 saturated heterocycles. The van der Waals surface area contributed by atoms with Crippen LogP contribution in [-0.4, -0.2) is 17.6 Å². The molecule has 0 radical (unpaired) electrons. The van der Waals surface area contributed by atoms with Gasteiger partial charge in [0, 0.05) is 5.39 Å². The highest BCUT2D eigenvalue weighted by Crippen LogP contribution is 2.33. The summed E-state index contributed by atoms with van der Waals surface area (Å²) in [5.41, 5.74) is 1.95. The average Bonchev–Trinajstić information content (AvgIpc) is 2.56. The molecule has 0 spiro atoms. The van der Waals surface area contributed by atoms with Crippen LogP contribution in [0.2, 0.25) is 5.15 Å². The van der Waals surface area contributed by atoms with Crippen LogP contribution in [0.25, 0.3) is 10.2 Å². The van der Waals surface area contributed by atoms with Crippen LogP contribution in [0, 0.1) is 13.8 Å². The molecule has 2 aromatic heterocycles. The molecule has 3 nitrogen and oxygen atoms in total. The van der Waals surface area contributed by atoms with Crippen molar-refractivity contribution in [3.8, 4) is 0 Å². The first-order chi connectivity index (χ1) is 8.04. The largest absolute Gasteiger partial charge is 0.462 e. The van der Waals surface area contributed by atoms with Crippen molar-refractivity contribution in [3.05, 3.63) is 27.2 Å². The average molecular weight is 270 g/mol. The SMILES string of the molecule is CCOC(=O)c1sc2nc(Cl)cc(C)c2c1C. The quantitative estimate of drug-likeness (QED) is 0.616. The second kappa shape index (κ2) is 4.63. The smallest absolute Gasteiger partial charge is 0.348 e. The molecule has 0 saturated carbocycles. The molecule has 17 heavy (non-hydrogen) atoms. The number of thiophene rings is 1. The molecular weight excluding hydrogens is 258 g/mol. The van der Waals surface area contributed by atoms with E-state index in [0.29, 0.717) is 16.6 Å². The summed E-state index contributed by atoms with van der Waals surface area (Å²) in [5, 5.41) is 1.45. The van der Waals surface area contributed by atoms with Crippen molar-refractivity contribution in [2.24, 2.45) is 0 Å². The van der Waals surface area contributed by atoms with Crippen LogP contribution in [0.3, 0.4) is 0 Å². The van der Waals surface area contributed by atoms with Crippen LogP contribution in [0.1, 0.15) is 27.7 Å². The summed E-state index contributed by atoms with van der Waals surface area (Å²) in [6.45, 7) is 6.04. The minimum Gasteiger partial charge on any atom is -0.462 e. The Morgan fingerprint density at radius 1 is 1.53 bits per heavy atom. The predicted molar refractivity (Wildman–Crippen MR) is 70.1 cm³/mol. The lowest BCUT2D eigenvalue weighted by Crippen LogP contribution is -2.03. The van der Waals surface area contributed by atoms with E-state index in [9.17, 15) is 4.79 Å². The molecule has 0 aliphatic carbocycles. The monoisotopic (exact) mass is 269 g/mol. The molecule has 2 heterocycles. The van der Waals surface area contributed by atoms with E-state index in [0.717, 1.165) is 21.3 Å². The number of rotatable bonds is 2. The minimum absolute atomic E-state index is 0.288. The summed E-state index contributed by atoms with van der Waals surface area (Å²) < 4.78 is 5.02. The Bertz CT molecular complexity index is 592. The van der Waals surface area contributed by atoms with Gasteiger partial charge < -0.3 is 4.74 Å². The summed E-state index contributed by atoms with van der Waals surface area (Å²) in [6.07, 6.45) is 0. The lowest BCUT2D eigenvalue weighted by molar-refractivity contribution is 0.0531. The number of nitrogens with zero attached hydrogens (tertiary/aromatic N) is 1. The Hall–Kier alpha value is -1.13. The van der Waals surface area contributed by atoms with Gasteiger partial charge in [0.25, 0.3) is 0 Å². The number of aromatic nitrogens is 1. The van der Waals surface area contributed by atoms with E-state index in [1.807, 2.05) is 13.8 Å². The van der Waals surface area contributed by atoms with E-state index in [4.69, 9.17) is 16.3 Å².